The van der Waals surface area contributed by atoms with Gasteiger partial charge in [0.25, 0.3) is 5.91 Å². The summed E-state index contributed by atoms with van der Waals surface area (Å²) in [7, 11) is 1.59. The Kier molecular flexibility index (Phi) is 6.31. The number of aryl methyl sites for hydroxylation is 1. The highest BCUT2D eigenvalue weighted by Crippen LogP contribution is 2.17. The number of anilines is 1. The largest absolute Gasteiger partial charge is 0.383 e. The lowest BCUT2D eigenvalue weighted by molar-refractivity contribution is -0.120. The molecule has 0 bridgehead atoms. The third kappa shape index (κ3) is 5.50. The lowest BCUT2D eigenvalue weighted by Gasteiger charge is -2.07. The summed E-state index contributed by atoms with van der Waals surface area (Å²) in [6, 6.07) is 9.14. The summed E-state index contributed by atoms with van der Waals surface area (Å²) in [5.74, 6) is -0.166. The first-order valence-electron chi connectivity index (χ1n) is 7.29. The van der Waals surface area contributed by atoms with Crippen molar-refractivity contribution < 1.29 is 14.3 Å². The van der Waals surface area contributed by atoms with Gasteiger partial charge in [-0.25, -0.2) is 0 Å². The normalized spacial score (nSPS) is 10.3. The van der Waals surface area contributed by atoms with Crippen LogP contribution in [0.1, 0.15) is 20.8 Å². The highest BCUT2D eigenvalue weighted by Gasteiger charge is 2.08. The minimum Gasteiger partial charge on any atom is -0.383 e. The van der Waals surface area contributed by atoms with E-state index in [4.69, 9.17) is 4.74 Å². The van der Waals surface area contributed by atoms with Gasteiger partial charge in [0.15, 0.2) is 0 Å². The summed E-state index contributed by atoms with van der Waals surface area (Å²) in [4.78, 5) is 24.4. The molecule has 0 spiro atoms. The van der Waals surface area contributed by atoms with E-state index in [1.807, 2.05) is 30.5 Å². The molecule has 0 saturated heterocycles. The van der Waals surface area contributed by atoms with Gasteiger partial charge in [0.05, 0.1) is 17.9 Å². The Morgan fingerprint density at radius 1 is 1.22 bits per heavy atom. The zero-order chi connectivity index (χ0) is 16.7. The van der Waals surface area contributed by atoms with Gasteiger partial charge in [-0.05, 0) is 41.6 Å². The number of amides is 2. The van der Waals surface area contributed by atoms with Crippen molar-refractivity contribution in [3.63, 3.8) is 0 Å². The maximum absolute atomic E-state index is 12.1. The van der Waals surface area contributed by atoms with Gasteiger partial charge in [-0.3, -0.25) is 9.59 Å². The van der Waals surface area contributed by atoms with Crippen molar-refractivity contribution in [1.29, 1.82) is 0 Å². The zero-order valence-corrected chi connectivity index (χ0v) is 14.0. The van der Waals surface area contributed by atoms with Crippen molar-refractivity contribution in [3.8, 4) is 0 Å². The summed E-state index contributed by atoms with van der Waals surface area (Å²) < 4.78 is 4.88. The lowest BCUT2D eigenvalue weighted by atomic mass is 10.1. The summed E-state index contributed by atoms with van der Waals surface area (Å²) >= 11 is 1.42. The van der Waals surface area contributed by atoms with Crippen LogP contribution in [0.25, 0.3) is 0 Å². The number of benzene rings is 1. The predicted octanol–water partition coefficient (Wildman–Crippen LogP) is 2.61. The van der Waals surface area contributed by atoms with Crippen LogP contribution in [0.3, 0.4) is 0 Å². The van der Waals surface area contributed by atoms with Crippen LogP contribution in [0.2, 0.25) is 0 Å². The topological polar surface area (TPSA) is 67.4 Å². The van der Waals surface area contributed by atoms with E-state index in [1.54, 1.807) is 19.2 Å². The Morgan fingerprint density at radius 3 is 2.57 bits per heavy atom. The van der Waals surface area contributed by atoms with Gasteiger partial charge in [0.1, 0.15) is 0 Å². The lowest BCUT2D eigenvalue weighted by Crippen LogP contribution is -2.28. The SMILES string of the molecule is COCCNC(=O)Cc1ccc(NC(=O)c2cc(C)cs2)cc1. The Balaban J connectivity index is 1.87. The van der Waals surface area contributed by atoms with E-state index >= 15 is 0 Å². The molecule has 2 N–H and O–H groups in total. The van der Waals surface area contributed by atoms with Gasteiger partial charge in [-0.15, -0.1) is 11.3 Å². The maximum atomic E-state index is 12.1. The van der Waals surface area contributed by atoms with Crippen LogP contribution in [0.5, 0.6) is 0 Å². The fourth-order valence-electron chi connectivity index (χ4n) is 1.99. The van der Waals surface area contributed by atoms with E-state index in [1.165, 1.54) is 11.3 Å². The number of methoxy groups -OCH3 is 1. The fourth-order valence-corrected chi connectivity index (χ4v) is 2.78. The summed E-state index contributed by atoms with van der Waals surface area (Å²) in [5, 5.41) is 7.56. The molecule has 2 amide bonds. The standard InChI is InChI=1S/C17H20N2O3S/c1-12-9-15(23-11-12)17(21)19-14-5-3-13(4-6-14)10-16(20)18-7-8-22-2/h3-6,9,11H,7-8,10H2,1-2H3,(H,18,20)(H,19,21). The minimum absolute atomic E-state index is 0.0482. The molecule has 0 aliphatic carbocycles. The first kappa shape index (κ1) is 17.2. The minimum atomic E-state index is -0.117. The van der Waals surface area contributed by atoms with Crippen molar-refractivity contribution in [2.75, 3.05) is 25.6 Å². The molecule has 0 saturated carbocycles. The number of hydrogen-bond donors (Lipinski definition) is 2. The molecule has 6 heteroatoms. The second-order valence-electron chi connectivity index (χ2n) is 5.16. The number of nitrogens with one attached hydrogen (secondary N) is 2. The molecule has 0 unspecified atom stereocenters. The Labute approximate surface area is 139 Å². The number of thiophene rings is 1. The van der Waals surface area contributed by atoms with Gasteiger partial charge >= 0.3 is 0 Å². The molecule has 0 atom stereocenters. The zero-order valence-electron chi connectivity index (χ0n) is 13.2. The van der Waals surface area contributed by atoms with E-state index in [0.29, 0.717) is 30.1 Å². The average Bonchev–Trinajstić information content (AvgIpc) is 2.96. The number of hydrogen-bond acceptors (Lipinski definition) is 4. The van der Waals surface area contributed by atoms with Gasteiger partial charge in [-0.2, -0.15) is 0 Å². The van der Waals surface area contributed by atoms with E-state index < -0.39 is 0 Å². The second kappa shape index (κ2) is 8.45. The average molecular weight is 332 g/mol. The van der Waals surface area contributed by atoms with Crippen molar-refractivity contribution in [1.82, 2.24) is 5.32 Å². The van der Waals surface area contributed by atoms with Crippen LogP contribution in [0, 0.1) is 6.92 Å². The Morgan fingerprint density at radius 2 is 1.96 bits per heavy atom. The maximum Gasteiger partial charge on any atom is 0.265 e. The molecule has 0 radical (unpaired) electrons. The Hall–Kier alpha value is -2.18. The molecule has 0 fully saturated rings. The molecule has 0 aliphatic heterocycles. The van der Waals surface area contributed by atoms with Gasteiger partial charge < -0.3 is 15.4 Å². The van der Waals surface area contributed by atoms with Crippen LogP contribution in [0.4, 0.5) is 5.69 Å². The summed E-state index contributed by atoms with van der Waals surface area (Å²) in [5.41, 5.74) is 2.68. The number of ether oxygens (including phenoxy) is 1. The third-order valence-corrected chi connectivity index (χ3v) is 4.21. The molecular formula is C17H20N2O3S. The van der Waals surface area contributed by atoms with Crippen LogP contribution in [-0.4, -0.2) is 32.1 Å². The van der Waals surface area contributed by atoms with Crippen molar-refractivity contribution in [3.05, 3.63) is 51.7 Å². The molecule has 0 aliphatic rings. The highest BCUT2D eigenvalue weighted by molar-refractivity contribution is 7.12. The first-order chi connectivity index (χ1) is 11.1. The monoisotopic (exact) mass is 332 g/mol. The van der Waals surface area contributed by atoms with E-state index in [9.17, 15) is 9.59 Å². The number of carbonyl (C=O) groups excluding carboxylic acids is 2. The molecule has 122 valence electrons. The quantitative estimate of drug-likeness (QED) is 0.766. The van der Waals surface area contributed by atoms with Gasteiger partial charge in [0.2, 0.25) is 5.91 Å². The first-order valence-corrected chi connectivity index (χ1v) is 8.17. The van der Waals surface area contributed by atoms with Crippen molar-refractivity contribution >= 4 is 28.8 Å². The van der Waals surface area contributed by atoms with Crippen LogP contribution in [0.15, 0.2) is 35.7 Å². The summed E-state index contributed by atoms with van der Waals surface area (Å²) in [6.45, 7) is 2.96. The highest BCUT2D eigenvalue weighted by atomic mass is 32.1. The molecule has 1 aromatic heterocycles. The number of rotatable bonds is 7. The second-order valence-corrected chi connectivity index (χ2v) is 6.07. The van der Waals surface area contributed by atoms with Crippen molar-refractivity contribution in [2.45, 2.75) is 13.3 Å². The van der Waals surface area contributed by atoms with Crippen molar-refractivity contribution in [2.24, 2.45) is 0 Å². The van der Waals surface area contributed by atoms with Crippen LogP contribution in [-0.2, 0) is 16.0 Å². The smallest absolute Gasteiger partial charge is 0.265 e. The molecule has 5 nitrogen and oxygen atoms in total. The third-order valence-electron chi connectivity index (χ3n) is 3.16. The fraction of sp³-hybridized carbons (Fsp3) is 0.294. The van der Waals surface area contributed by atoms with Gasteiger partial charge in [-0.1, -0.05) is 12.1 Å². The Bertz CT molecular complexity index is 665. The summed E-state index contributed by atoms with van der Waals surface area (Å²) in [6.07, 6.45) is 0.308. The van der Waals surface area contributed by atoms with Gasteiger partial charge in [0, 0.05) is 19.3 Å². The molecule has 2 aromatic rings. The molecule has 2 rings (SSSR count). The molecule has 23 heavy (non-hydrogen) atoms. The van der Waals surface area contributed by atoms with Crippen LogP contribution < -0.4 is 10.6 Å². The predicted molar refractivity (Wildman–Crippen MR) is 92.0 cm³/mol. The number of carbonyl (C=O) groups is 2. The van der Waals surface area contributed by atoms with E-state index in [2.05, 4.69) is 10.6 Å². The molecular weight excluding hydrogens is 312 g/mol. The van der Waals surface area contributed by atoms with E-state index in [0.717, 1.165) is 11.1 Å². The van der Waals surface area contributed by atoms with Crippen LogP contribution >= 0.6 is 11.3 Å². The molecule has 1 heterocycles. The van der Waals surface area contributed by atoms with E-state index in [-0.39, 0.29) is 11.8 Å². The molecule has 1 aromatic carbocycles.